The van der Waals surface area contributed by atoms with E-state index >= 15 is 0 Å². The van der Waals surface area contributed by atoms with E-state index in [0.29, 0.717) is 0 Å². The van der Waals surface area contributed by atoms with Gasteiger partial charge < -0.3 is 10.0 Å². The molecule has 3 rings (SSSR count). The number of hydrogen-bond acceptors (Lipinski definition) is 2. The molecule has 2 nitrogen and oxygen atoms in total. The fourth-order valence-electron chi connectivity index (χ4n) is 2.75. The lowest BCUT2D eigenvalue weighted by Crippen LogP contribution is -2.08. The number of aryl methyl sites for hydroxylation is 2. The summed E-state index contributed by atoms with van der Waals surface area (Å²) in [7, 11) is -1.44. The first-order valence-electron chi connectivity index (χ1n) is 6.50. The fraction of sp³-hybridized carbons (Fsp3) is 0.125. The molecule has 2 N–H and O–H groups in total. The van der Waals surface area contributed by atoms with E-state index < -0.39 is 7.12 Å². The molecule has 0 spiro atoms. The third kappa shape index (κ3) is 2.35. The second-order valence-electron chi connectivity index (χ2n) is 4.81. The first-order valence-corrected chi connectivity index (χ1v) is 6.50. The molecule has 0 saturated heterocycles. The first-order chi connectivity index (χ1) is 9.25. The molecule has 0 atom stereocenters. The van der Waals surface area contributed by atoms with Crippen LogP contribution in [-0.4, -0.2) is 17.2 Å². The lowest BCUT2D eigenvalue weighted by molar-refractivity contribution is 0.424. The Balaban J connectivity index is 2.25. The second kappa shape index (κ2) is 5.04. The summed E-state index contributed by atoms with van der Waals surface area (Å²) in [5.41, 5.74) is 5.62. The summed E-state index contributed by atoms with van der Waals surface area (Å²) in [4.78, 5) is 0. The molecule has 0 bridgehead atoms. The highest BCUT2D eigenvalue weighted by atomic mass is 16.4. The van der Waals surface area contributed by atoms with Crippen LogP contribution in [0.3, 0.4) is 0 Å². The predicted molar refractivity (Wildman–Crippen MR) is 77.6 cm³/mol. The van der Waals surface area contributed by atoms with E-state index in [1.807, 2.05) is 36.4 Å². The van der Waals surface area contributed by atoms with Crippen LogP contribution in [0.1, 0.15) is 22.3 Å². The number of hydrogen-bond donors (Lipinski definition) is 2. The Hall–Kier alpha value is -1.84. The summed E-state index contributed by atoms with van der Waals surface area (Å²) in [6, 6.07) is 16.4. The molecular weight excluding hydrogens is 235 g/mol. The summed E-state index contributed by atoms with van der Waals surface area (Å²) in [5, 5.41) is 18.7. The Bertz CT molecular complexity index is 583. The minimum absolute atomic E-state index is 0.915. The van der Waals surface area contributed by atoms with E-state index in [2.05, 4.69) is 12.1 Å². The molecule has 0 unspecified atom stereocenters. The van der Waals surface area contributed by atoms with Crippen LogP contribution in [0, 0.1) is 0 Å². The molecular formula is C16H15BO2. The zero-order chi connectivity index (χ0) is 13.2. The Labute approximate surface area is 113 Å². The quantitative estimate of drug-likeness (QED) is 0.762. The summed E-state index contributed by atoms with van der Waals surface area (Å²) >= 11 is 0. The lowest BCUT2D eigenvalue weighted by Gasteiger charge is -2.11. The molecule has 0 heterocycles. The van der Waals surface area contributed by atoms with Crippen LogP contribution in [0.5, 0.6) is 0 Å². The van der Waals surface area contributed by atoms with Crippen molar-refractivity contribution in [3.63, 3.8) is 0 Å². The van der Waals surface area contributed by atoms with Crippen LogP contribution in [0.15, 0.2) is 54.5 Å². The molecule has 94 valence electrons. The van der Waals surface area contributed by atoms with Gasteiger partial charge >= 0.3 is 7.12 Å². The van der Waals surface area contributed by atoms with Crippen LogP contribution in [0.25, 0.3) is 5.57 Å². The van der Waals surface area contributed by atoms with E-state index in [0.717, 1.165) is 29.5 Å². The number of benzene rings is 2. The van der Waals surface area contributed by atoms with Gasteiger partial charge in [-0.25, -0.2) is 0 Å². The predicted octanol–water partition coefficient (Wildman–Crippen LogP) is 2.23. The highest BCUT2D eigenvalue weighted by molar-refractivity contribution is 6.49. The van der Waals surface area contributed by atoms with Gasteiger partial charge in [-0.3, -0.25) is 0 Å². The van der Waals surface area contributed by atoms with Gasteiger partial charge in [-0.15, -0.1) is 0 Å². The van der Waals surface area contributed by atoms with Gasteiger partial charge in [0.15, 0.2) is 0 Å². The average Bonchev–Trinajstić information content (AvgIpc) is 2.57. The highest BCUT2D eigenvalue weighted by Crippen LogP contribution is 2.33. The Kier molecular flexibility index (Phi) is 3.24. The smallest absolute Gasteiger partial charge is 0.424 e. The molecule has 3 heteroatoms. The molecule has 0 aromatic heterocycles. The van der Waals surface area contributed by atoms with E-state index in [-0.39, 0.29) is 0 Å². The molecule has 0 aliphatic heterocycles. The van der Waals surface area contributed by atoms with Gasteiger partial charge in [0.05, 0.1) is 0 Å². The monoisotopic (exact) mass is 250 g/mol. The van der Waals surface area contributed by atoms with Crippen molar-refractivity contribution >= 4 is 12.7 Å². The van der Waals surface area contributed by atoms with Crippen molar-refractivity contribution in [3.8, 4) is 0 Å². The molecule has 0 fully saturated rings. The van der Waals surface area contributed by atoms with Gasteiger partial charge in [0.2, 0.25) is 0 Å². The minimum Gasteiger partial charge on any atom is -0.424 e. The maximum Gasteiger partial charge on any atom is 0.481 e. The van der Waals surface area contributed by atoms with E-state index in [4.69, 9.17) is 0 Å². The standard InChI is InChI=1S/C16H15BO2/c18-17(19)11-16-14-7-3-1-5-12(14)9-10-13-6-2-4-8-15(13)16/h1-8,11,18-19H,9-10H2. The third-order valence-electron chi connectivity index (χ3n) is 3.59. The second-order valence-corrected chi connectivity index (χ2v) is 4.81. The number of rotatable bonds is 1. The van der Waals surface area contributed by atoms with Gasteiger partial charge in [0, 0.05) is 0 Å². The first kappa shape index (κ1) is 12.2. The van der Waals surface area contributed by atoms with Gasteiger partial charge in [0.1, 0.15) is 0 Å². The van der Waals surface area contributed by atoms with Crippen LogP contribution in [0.2, 0.25) is 0 Å². The number of fused-ring (bicyclic) bond motifs is 2. The third-order valence-corrected chi connectivity index (χ3v) is 3.59. The van der Waals surface area contributed by atoms with Crippen molar-refractivity contribution in [2.45, 2.75) is 12.8 Å². The topological polar surface area (TPSA) is 40.5 Å². The van der Waals surface area contributed by atoms with Crippen molar-refractivity contribution in [1.29, 1.82) is 0 Å². The lowest BCUT2D eigenvalue weighted by atomic mass is 9.82. The highest BCUT2D eigenvalue weighted by Gasteiger charge is 2.18. The minimum atomic E-state index is -1.44. The largest absolute Gasteiger partial charge is 0.481 e. The normalized spacial score (nSPS) is 13.3. The van der Waals surface area contributed by atoms with Crippen LogP contribution in [-0.2, 0) is 12.8 Å². The van der Waals surface area contributed by atoms with Crippen molar-refractivity contribution in [1.82, 2.24) is 0 Å². The molecule has 19 heavy (non-hydrogen) atoms. The van der Waals surface area contributed by atoms with E-state index in [1.165, 1.54) is 17.1 Å². The SMILES string of the molecule is OB(O)C=C1c2ccccc2CCc2ccccc21. The maximum absolute atomic E-state index is 9.33. The van der Waals surface area contributed by atoms with Crippen LogP contribution in [0.4, 0.5) is 0 Å². The molecule has 1 aliphatic carbocycles. The van der Waals surface area contributed by atoms with Crippen LogP contribution >= 0.6 is 0 Å². The maximum atomic E-state index is 9.33. The van der Waals surface area contributed by atoms with Gasteiger partial charge in [-0.1, -0.05) is 48.5 Å². The van der Waals surface area contributed by atoms with Gasteiger partial charge in [-0.05, 0) is 46.6 Å². The zero-order valence-corrected chi connectivity index (χ0v) is 10.6. The van der Waals surface area contributed by atoms with Crippen LogP contribution < -0.4 is 0 Å². The Morgan fingerprint density at radius 1 is 0.789 bits per heavy atom. The zero-order valence-electron chi connectivity index (χ0n) is 10.6. The van der Waals surface area contributed by atoms with Gasteiger partial charge in [-0.2, -0.15) is 0 Å². The molecule has 0 radical (unpaired) electrons. The molecule has 2 aromatic rings. The van der Waals surface area contributed by atoms with Crippen molar-refractivity contribution in [2.75, 3.05) is 0 Å². The average molecular weight is 250 g/mol. The van der Waals surface area contributed by atoms with Crippen molar-refractivity contribution < 1.29 is 10.0 Å². The molecule has 0 saturated carbocycles. The molecule has 0 amide bonds. The Morgan fingerprint density at radius 2 is 1.26 bits per heavy atom. The molecule has 1 aliphatic rings. The van der Waals surface area contributed by atoms with Crippen molar-refractivity contribution in [3.05, 3.63) is 76.8 Å². The summed E-state index contributed by atoms with van der Waals surface area (Å²) in [6.45, 7) is 0. The molecule has 2 aromatic carbocycles. The fourth-order valence-corrected chi connectivity index (χ4v) is 2.75. The van der Waals surface area contributed by atoms with E-state index in [1.54, 1.807) is 0 Å². The summed E-state index contributed by atoms with van der Waals surface area (Å²) in [5.74, 6) is 1.52. The van der Waals surface area contributed by atoms with E-state index in [9.17, 15) is 10.0 Å². The van der Waals surface area contributed by atoms with Gasteiger partial charge in [0.25, 0.3) is 0 Å². The summed E-state index contributed by atoms with van der Waals surface area (Å²) < 4.78 is 0. The summed E-state index contributed by atoms with van der Waals surface area (Å²) in [6.07, 6.45) is 1.96. The Morgan fingerprint density at radius 3 is 1.74 bits per heavy atom. The van der Waals surface area contributed by atoms with Crippen molar-refractivity contribution in [2.24, 2.45) is 0 Å².